The summed E-state index contributed by atoms with van der Waals surface area (Å²) in [6, 6.07) is 1.42. The van der Waals surface area contributed by atoms with Gasteiger partial charge in [-0.05, 0) is 147 Å². The van der Waals surface area contributed by atoms with Crippen molar-refractivity contribution in [2.75, 3.05) is 0 Å². The van der Waals surface area contributed by atoms with Crippen molar-refractivity contribution in [1.29, 1.82) is 34.3 Å². The van der Waals surface area contributed by atoms with Gasteiger partial charge in [0.05, 0.1) is 48.2 Å². The van der Waals surface area contributed by atoms with E-state index in [1.54, 1.807) is 0 Å². The number of hydrogen-bond donors (Lipinski definition) is 29. The van der Waals surface area contributed by atoms with Crippen LogP contribution in [-0.2, 0) is 0 Å². The molecule has 0 spiro atoms. The molecule has 5 saturated carbocycles. The Balaban J connectivity index is 0.000000635. The minimum absolute atomic E-state index is 0.0475. The van der Waals surface area contributed by atoms with Crippen LogP contribution < -0.4 is 5.19 Å². The number of rotatable bonds is 32. The molecule has 7 aliphatic carbocycles. The van der Waals surface area contributed by atoms with E-state index in [4.69, 9.17) is 34.3 Å². The lowest BCUT2D eigenvalue weighted by atomic mass is 9.94. The Morgan fingerprint density at radius 3 is 0.977 bits per heavy atom. The smallest absolute Gasteiger partial charge is 0.472 e. The van der Waals surface area contributed by atoms with E-state index in [-0.39, 0.29) is 45.4 Å². The molecule has 87 heavy (non-hydrogen) atoms. The Bertz CT molecular complexity index is 2390. The molecule has 0 amide bonds. The van der Waals surface area contributed by atoms with Gasteiger partial charge in [0.2, 0.25) is 0 Å². The zero-order chi connectivity index (χ0) is 83.6. The van der Waals surface area contributed by atoms with Crippen molar-refractivity contribution >= 4 is 75.6 Å². The van der Waals surface area contributed by atoms with Gasteiger partial charge in [0.25, 0.3) is 0 Å². The van der Waals surface area contributed by atoms with Crippen molar-refractivity contribution in [3.63, 3.8) is 0 Å². The summed E-state index contributed by atoms with van der Waals surface area (Å²) in [5.74, 6) is 0. The van der Waals surface area contributed by atoms with E-state index < -0.39 is 106 Å². The zero-order valence-corrected chi connectivity index (χ0v) is 56.4. The van der Waals surface area contributed by atoms with Gasteiger partial charge in [-0.1, -0.05) is 69.2 Å². The third-order valence-electron chi connectivity index (χ3n) is 16.2. The molecule has 6 atom stereocenters. The van der Waals surface area contributed by atoms with E-state index in [1.807, 2.05) is 12.2 Å². The fraction of sp³-hybridized carbons (Fsp3) is 0.837. The summed E-state index contributed by atoms with van der Waals surface area (Å²) in [7, 11) is -27.8. The lowest BCUT2D eigenvalue weighted by Crippen LogP contribution is -2.47. The SMILES string of the molecule is [3H]O[Si](O[3H])(O[3H])C1CC=CCC1.[3H]O[Si](O[3H])(O[3H])C1CCC(O)C(O)C1.[3H]O[Si](O[3H])(O[3H])C1CCC(O)C(O)CC1.[3H]O[Si](O[3H])(O[3H])C1CCC(O)CC1.[3H]O[Si](O[3H])(O[3H])C1CCC=CCC1.[3H]O[Si](O[3H])(O[3H])C1CCCCC1.[3H]O[Si](O[3H])(O[3H])C1CCCCCC1.[3H]O[Si](O[3H])(O[3H])c1ccoc1. The van der Waals surface area contributed by atoms with E-state index in [2.05, 4.69) is 132 Å². The molecule has 0 aliphatic heterocycles. The van der Waals surface area contributed by atoms with Crippen molar-refractivity contribution in [2.24, 2.45) is 0 Å². The van der Waals surface area contributed by atoms with Gasteiger partial charge in [-0.25, -0.2) is 0 Å². The third kappa shape index (κ3) is 37.7. The van der Waals surface area contributed by atoms with Gasteiger partial charge < -0.3 is 145 Å². The Hall–Kier alpha value is -0.665. The summed E-state index contributed by atoms with van der Waals surface area (Å²) >= 11 is 0. The van der Waals surface area contributed by atoms with Crippen LogP contribution in [0.3, 0.4) is 0 Å². The van der Waals surface area contributed by atoms with Gasteiger partial charge in [-0.3, -0.25) is 0 Å². The van der Waals surface area contributed by atoms with Crippen LogP contribution in [0.2, 0.25) is 38.8 Å². The van der Waals surface area contributed by atoms with Gasteiger partial charge in [0, 0.05) is 38.8 Å². The molecule has 0 aromatic carbocycles. The van der Waals surface area contributed by atoms with E-state index in [0.29, 0.717) is 70.6 Å². The summed E-state index contributed by atoms with van der Waals surface area (Å²) < 4.78 is 168. The molecule has 7 aliphatic rings. The lowest BCUT2D eigenvalue weighted by molar-refractivity contribution is -0.0155. The molecule has 6 unspecified atom stereocenters. The quantitative estimate of drug-likeness (QED) is 0.0184. The summed E-state index contributed by atoms with van der Waals surface area (Å²) in [5, 5.41) is 47.2. The molecule has 514 valence electrons. The number of aliphatic hydroxyl groups excluding tert-OH is 5. The van der Waals surface area contributed by atoms with Gasteiger partial charge in [0.15, 0.2) is 34.3 Å². The molecule has 0 radical (unpaired) electrons. The molecule has 0 saturated heterocycles. The molecular formula is C49H106O30Si8. The van der Waals surface area contributed by atoms with Crippen molar-refractivity contribution in [3.8, 4) is 0 Å². The van der Waals surface area contributed by atoms with Crippen molar-refractivity contribution < 1.29 is 145 Å². The van der Waals surface area contributed by atoms with E-state index in [0.717, 1.165) is 109 Å². The second kappa shape index (κ2) is 39.9. The first kappa shape index (κ1) is 51.6. The largest absolute Gasteiger partial charge is 0.532 e. The van der Waals surface area contributed by atoms with Crippen LogP contribution in [-0.4, -0.2) is 276 Å². The van der Waals surface area contributed by atoms with Crippen molar-refractivity contribution in [3.05, 3.63) is 42.9 Å². The van der Waals surface area contributed by atoms with E-state index in [9.17, 15) is 25.5 Å². The molecule has 1 aromatic heterocycles. The number of aliphatic hydroxyl groups is 5. The maximum atomic E-state index is 9.46. The standard InChI is InChI=1S/C7H16O5Si.C7H16O3Si.C7H14O3Si.C6H14O5Si.C6H14O4Si.C6H14O3Si.C6H12O3Si.C4H6O4Si/c8-6-3-1-5(13(10,11)12)2-4-7(6)9;2*8-11(9,10)7-5-3-1-2-4-6-7;7-5-2-1-4(3-6(5)8)12(9,10)11;7-5-1-3-6(4-2-5)11(8,9)10;2*7-10(8,9)6-4-2-1-3-5-6;5-9(6,7)4-1-2-8-3-4/h5-12H,1-4H2;7-10H,1-6H2;1-2,7-10H,3-6H2;4-11H,1-3H2;5-10H,1-4H2;6-9H,1-5H2;1-2,6-9H,3-5H2;1-3,5-7H/i10T,11T,12T;2*8T,9T,10T;9T,10T,11T;8T,9T,10T;2*7T,8T,9T;5T,6T,7T. The Morgan fingerprint density at radius 2 is 0.621 bits per heavy atom. The number of furan rings is 1. The molecule has 5 fully saturated rings. The van der Waals surface area contributed by atoms with Crippen LogP contribution in [0.25, 0.3) is 0 Å². The zero-order valence-electron chi connectivity index (χ0n) is 72.4. The highest BCUT2D eigenvalue weighted by Crippen LogP contribution is 2.37. The van der Waals surface area contributed by atoms with E-state index >= 15 is 0 Å². The predicted octanol–water partition coefficient (Wildman–Crippen LogP) is -4.37. The Kier molecular flexibility index (Phi) is 23.7. The fourth-order valence-electron chi connectivity index (χ4n) is 10.5. The molecule has 30 nitrogen and oxygen atoms in total. The second-order valence-electron chi connectivity index (χ2n) is 23.3. The third-order valence-corrected chi connectivity index (χ3v) is 28.1. The Morgan fingerprint density at radius 1 is 0.310 bits per heavy atom. The average Bonchev–Trinajstić information content (AvgIpc) is 1.72. The molecule has 8 rings (SSSR count). The summed E-state index contributed by atoms with van der Waals surface area (Å²) in [5.41, 5.74) is -1.49. The molecule has 0 bridgehead atoms. The summed E-state index contributed by atoms with van der Waals surface area (Å²) in [4.78, 5) is 103. The van der Waals surface area contributed by atoms with Crippen LogP contribution in [0.15, 0.2) is 47.3 Å². The topological polar surface area (TPSA) is 600 Å². The molecule has 1 aromatic rings. The molecular weight excluding hydrogens is 1290 g/mol. The van der Waals surface area contributed by atoms with Gasteiger partial charge in [-0.2, -0.15) is 0 Å². The second-order valence-corrected chi connectivity index (χ2v) is 39.1. The van der Waals surface area contributed by atoms with Gasteiger partial charge >= 0.3 is 70.4 Å². The van der Waals surface area contributed by atoms with Gasteiger partial charge in [-0.15, -0.1) is 0 Å². The summed E-state index contributed by atoms with van der Waals surface area (Å²) in [6.07, 6.45) is 27.9. The molecule has 38 heteroatoms. The number of hydrogen-bond acceptors (Lipinski definition) is 30. The van der Waals surface area contributed by atoms with Crippen LogP contribution >= 0.6 is 0 Å². The monoisotopic (exact) mass is 1450 g/mol. The van der Waals surface area contributed by atoms with E-state index in [1.165, 1.54) is 18.6 Å². The predicted molar refractivity (Wildman–Crippen MR) is 326 cm³/mol. The highest BCUT2D eigenvalue weighted by atomic mass is 28.4. The fourth-order valence-corrected chi connectivity index (χ4v) is 18.3. The highest BCUT2D eigenvalue weighted by molar-refractivity contribution is 6.71. The van der Waals surface area contributed by atoms with Gasteiger partial charge in [0.1, 0.15) is 0 Å². The summed E-state index contributed by atoms with van der Waals surface area (Å²) in [6.45, 7) is 0. The first-order valence-corrected chi connectivity index (χ1v) is 43.8. The Labute approximate surface area is 552 Å². The number of allylic oxidation sites excluding steroid dienone is 4. The van der Waals surface area contributed by atoms with Crippen LogP contribution in [0.1, 0.15) is 186 Å². The van der Waals surface area contributed by atoms with Crippen LogP contribution in [0.5, 0.6) is 0 Å². The van der Waals surface area contributed by atoms with Crippen LogP contribution in [0.4, 0.5) is 0 Å². The highest BCUT2D eigenvalue weighted by Gasteiger charge is 2.46. The minimum Gasteiger partial charge on any atom is -0.472 e. The molecule has 1 heterocycles. The molecule has 29 N–H and O–H groups in total. The average molecular weight is 1450 g/mol. The van der Waals surface area contributed by atoms with Crippen molar-refractivity contribution in [1.82, 2.24) is 0 Å². The first-order valence-electron chi connectivity index (χ1n) is 39.3. The first-order chi connectivity index (χ1) is 53.3. The lowest BCUT2D eigenvalue weighted by Gasteiger charge is -2.32. The van der Waals surface area contributed by atoms with Crippen molar-refractivity contribution in [2.45, 2.75) is 256 Å². The minimum atomic E-state index is -3.66. The van der Waals surface area contributed by atoms with Crippen LogP contribution in [0, 0.1) is 0 Å². The maximum absolute atomic E-state index is 9.46. The normalized spacial score (nSPS) is 31.3. The maximum Gasteiger partial charge on any atom is 0.532 e.